The van der Waals surface area contributed by atoms with E-state index < -0.39 is 11.9 Å². The fourth-order valence-corrected chi connectivity index (χ4v) is 4.16. The van der Waals surface area contributed by atoms with E-state index in [1.807, 2.05) is 24.3 Å². The Balaban J connectivity index is 1.56. The van der Waals surface area contributed by atoms with Crippen LogP contribution in [0.4, 0.5) is 0 Å². The zero-order valence-corrected chi connectivity index (χ0v) is 14.9. The van der Waals surface area contributed by atoms with Gasteiger partial charge in [0.05, 0.1) is 5.75 Å². The number of hydrogen-bond donors (Lipinski definition) is 1. The predicted octanol–water partition coefficient (Wildman–Crippen LogP) is 2.33. The van der Waals surface area contributed by atoms with Gasteiger partial charge in [-0.3, -0.25) is 9.59 Å². The Hall–Kier alpha value is -2.61. The van der Waals surface area contributed by atoms with Gasteiger partial charge in [0.1, 0.15) is 28.5 Å². The van der Waals surface area contributed by atoms with Crippen LogP contribution in [0.2, 0.25) is 0 Å². The average Bonchev–Trinajstić information content (AvgIpc) is 3.05. The third-order valence-corrected chi connectivity index (χ3v) is 5.56. The molecule has 26 heavy (non-hydrogen) atoms. The van der Waals surface area contributed by atoms with Gasteiger partial charge in [-0.05, 0) is 31.4 Å². The first kappa shape index (κ1) is 16.8. The third kappa shape index (κ3) is 3.01. The summed E-state index contributed by atoms with van der Waals surface area (Å²) in [4.78, 5) is 34.4. The molecule has 2 amide bonds. The van der Waals surface area contributed by atoms with Crippen LogP contribution in [0, 0.1) is 0 Å². The molecule has 1 saturated heterocycles. The molecule has 2 aromatic heterocycles. The second-order valence-electron chi connectivity index (χ2n) is 6.24. The van der Waals surface area contributed by atoms with Crippen LogP contribution >= 0.6 is 11.8 Å². The fourth-order valence-electron chi connectivity index (χ4n) is 3.34. The number of primary amides is 1. The number of para-hydroxylation sites is 1. The lowest BCUT2D eigenvalue weighted by Crippen LogP contribution is -2.51. The number of carbonyl (C=O) groups excluding carboxylic acids is 2. The van der Waals surface area contributed by atoms with Gasteiger partial charge >= 0.3 is 0 Å². The maximum absolute atomic E-state index is 12.6. The molecule has 1 aliphatic rings. The van der Waals surface area contributed by atoms with Crippen LogP contribution < -0.4 is 5.73 Å². The lowest BCUT2D eigenvalue weighted by atomic mass is 10.0. The summed E-state index contributed by atoms with van der Waals surface area (Å²) >= 11 is 1.29. The Morgan fingerprint density at radius 3 is 2.96 bits per heavy atom. The van der Waals surface area contributed by atoms with Crippen LogP contribution in [0.25, 0.3) is 22.1 Å². The molecule has 1 aliphatic heterocycles. The van der Waals surface area contributed by atoms with E-state index >= 15 is 0 Å². The Bertz CT molecular complexity index is 987. The molecule has 8 heteroatoms. The molecule has 1 aromatic carbocycles. The number of furan rings is 1. The molecule has 0 radical (unpaired) electrons. The van der Waals surface area contributed by atoms with Crippen LogP contribution in [-0.2, 0) is 9.59 Å². The topological polar surface area (TPSA) is 102 Å². The summed E-state index contributed by atoms with van der Waals surface area (Å²) in [6, 6.07) is 7.14. The molecule has 0 saturated carbocycles. The van der Waals surface area contributed by atoms with Gasteiger partial charge in [-0.15, -0.1) is 0 Å². The largest absolute Gasteiger partial charge is 0.451 e. The highest BCUT2D eigenvalue weighted by Crippen LogP contribution is 2.32. The number of piperidine rings is 1. The molecule has 1 atom stereocenters. The molecule has 0 unspecified atom stereocenters. The summed E-state index contributed by atoms with van der Waals surface area (Å²) in [5.74, 6) is -0.376. The molecule has 1 fully saturated rings. The number of benzene rings is 1. The van der Waals surface area contributed by atoms with Gasteiger partial charge in [0.15, 0.2) is 5.58 Å². The zero-order chi connectivity index (χ0) is 18.1. The van der Waals surface area contributed by atoms with Gasteiger partial charge in [0.2, 0.25) is 11.8 Å². The summed E-state index contributed by atoms with van der Waals surface area (Å²) in [5, 5.41) is 1.54. The van der Waals surface area contributed by atoms with Crippen molar-refractivity contribution in [1.29, 1.82) is 0 Å². The molecule has 4 rings (SSSR count). The minimum atomic E-state index is -0.506. The third-order valence-electron chi connectivity index (χ3n) is 4.61. The van der Waals surface area contributed by atoms with E-state index in [2.05, 4.69) is 9.97 Å². The molecule has 7 nitrogen and oxygen atoms in total. The second-order valence-corrected chi connectivity index (χ2v) is 7.21. The van der Waals surface area contributed by atoms with Gasteiger partial charge in [-0.2, -0.15) is 0 Å². The van der Waals surface area contributed by atoms with Gasteiger partial charge in [-0.25, -0.2) is 9.97 Å². The van der Waals surface area contributed by atoms with E-state index in [1.54, 1.807) is 4.90 Å². The monoisotopic (exact) mass is 370 g/mol. The smallest absolute Gasteiger partial charge is 0.240 e. The fraction of sp³-hybridized carbons (Fsp3) is 0.333. The Morgan fingerprint density at radius 2 is 2.12 bits per heavy atom. The number of likely N-dealkylation sites (tertiary alicyclic amines) is 1. The molecule has 2 N–H and O–H groups in total. The summed E-state index contributed by atoms with van der Waals surface area (Å²) in [7, 11) is 0. The molecule has 3 heterocycles. The van der Waals surface area contributed by atoms with Crippen molar-refractivity contribution in [3.63, 3.8) is 0 Å². The van der Waals surface area contributed by atoms with Gasteiger partial charge in [-0.1, -0.05) is 23.9 Å². The molecule has 0 bridgehead atoms. The molecule has 0 spiro atoms. The van der Waals surface area contributed by atoms with Crippen molar-refractivity contribution in [2.24, 2.45) is 5.73 Å². The summed E-state index contributed by atoms with van der Waals surface area (Å²) in [6.07, 6.45) is 3.91. The van der Waals surface area contributed by atoms with Gasteiger partial charge in [0.25, 0.3) is 0 Å². The van der Waals surface area contributed by atoms with Gasteiger partial charge in [0, 0.05) is 11.9 Å². The number of hydrogen-bond acceptors (Lipinski definition) is 6. The first-order valence-electron chi connectivity index (χ1n) is 8.49. The van der Waals surface area contributed by atoms with Crippen molar-refractivity contribution in [3.8, 4) is 0 Å². The molecule has 0 aliphatic carbocycles. The van der Waals surface area contributed by atoms with Crippen LogP contribution in [0.1, 0.15) is 19.3 Å². The number of amides is 2. The van der Waals surface area contributed by atoms with Crippen LogP contribution in [0.3, 0.4) is 0 Å². The summed E-state index contributed by atoms with van der Waals surface area (Å²) in [5.41, 5.74) is 7.50. The number of nitrogens with two attached hydrogens (primary N) is 1. The van der Waals surface area contributed by atoms with E-state index in [1.165, 1.54) is 18.1 Å². The molecular formula is C18H18N4O3S. The van der Waals surface area contributed by atoms with E-state index in [0.717, 1.165) is 29.3 Å². The first-order chi connectivity index (χ1) is 12.6. The van der Waals surface area contributed by atoms with E-state index in [-0.39, 0.29) is 11.7 Å². The summed E-state index contributed by atoms with van der Waals surface area (Å²) < 4.78 is 5.88. The highest BCUT2D eigenvalue weighted by Gasteiger charge is 2.30. The number of carbonyl (C=O) groups is 2. The molecule has 3 aromatic rings. The van der Waals surface area contributed by atoms with Crippen molar-refractivity contribution >= 4 is 45.6 Å². The standard InChI is InChI=1S/C18H18N4O3S/c19-17(24)12-6-3-4-8-22(12)14(23)9-26-18-16-15(20-10-21-18)11-5-1-2-7-13(11)25-16/h1-2,5,7,10,12H,3-4,6,8-9H2,(H2,19,24)/t12-/m0/s1. The molecular weight excluding hydrogens is 352 g/mol. The first-order valence-corrected chi connectivity index (χ1v) is 9.47. The normalized spacial score (nSPS) is 17.7. The van der Waals surface area contributed by atoms with Crippen LogP contribution in [-0.4, -0.2) is 45.0 Å². The minimum absolute atomic E-state index is 0.110. The molecule has 134 valence electrons. The predicted molar refractivity (Wildman–Crippen MR) is 98.6 cm³/mol. The summed E-state index contributed by atoms with van der Waals surface area (Å²) in [6.45, 7) is 0.566. The van der Waals surface area contributed by atoms with E-state index in [0.29, 0.717) is 23.6 Å². The number of nitrogens with zero attached hydrogens (tertiary/aromatic N) is 3. The van der Waals surface area contributed by atoms with Gasteiger partial charge < -0.3 is 15.1 Å². The Labute approximate surface area is 153 Å². The maximum Gasteiger partial charge on any atom is 0.240 e. The zero-order valence-electron chi connectivity index (χ0n) is 14.1. The lowest BCUT2D eigenvalue weighted by Gasteiger charge is -2.33. The van der Waals surface area contributed by atoms with Crippen LogP contribution in [0.5, 0.6) is 0 Å². The van der Waals surface area contributed by atoms with Crippen molar-refractivity contribution in [1.82, 2.24) is 14.9 Å². The SMILES string of the molecule is NC(=O)[C@@H]1CCCCN1C(=O)CSc1ncnc2c1oc1ccccc12. The minimum Gasteiger partial charge on any atom is -0.451 e. The number of fused-ring (bicyclic) bond motifs is 3. The van der Waals surface area contributed by atoms with Crippen LogP contribution in [0.15, 0.2) is 40.0 Å². The number of rotatable bonds is 4. The van der Waals surface area contributed by atoms with E-state index in [4.69, 9.17) is 10.2 Å². The Morgan fingerprint density at radius 1 is 1.27 bits per heavy atom. The van der Waals surface area contributed by atoms with Crippen molar-refractivity contribution in [2.75, 3.05) is 12.3 Å². The highest BCUT2D eigenvalue weighted by molar-refractivity contribution is 8.00. The van der Waals surface area contributed by atoms with Crippen molar-refractivity contribution in [3.05, 3.63) is 30.6 Å². The van der Waals surface area contributed by atoms with Crippen molar-refractivity contribution < 1.29 is 14.0 Å². The van der Waals surface area contributed by atoms with Crippen molar-refractivity contribution in [2.45, 2.75) is 30.3 Å². The maximum atomic E-state index is 12.6. The number of thioether (sulfide) groups is 1. The highest BCUT2D eigenvalue weighted by atomic mass is 32.2. The number of aromatic nitrogens is 2. The Kier molecular flexibility index (Phi) is 4.50. The average molecular weight is 370 g/mol. The van der Waals surface area contributed by atoms with E-state index in [9.17, 15) is 9.59 Å². The lowest BCUT2D eigenvalue weighted by molar-refractivity contribution is -0.138. The quantitative estimate of drug-likeness (QED) is 0.559. The second kappa shape index (κ2) is 6.95.